The minimum absolute atomic E-state index is 0.0284. The molecule has 0 spiro atoms. The van der Waals surface area contributed by atoms with Crippen LogP contribution in [0.4, 0.5) is 0 Å². The van der Waals surface area contributed by atoms with Crippen LogP contribution in [0.3, 0.4) is 0 Å². The molecule has 0 aromatic heterocycles. The molecule has 2 N–H and O–H groups in total. The lowest BCUT2D eigenvalue weighted by molar-refractivity contribution is 0.414. The van der Waals surface area contributed by atoms with Crippen molar-refractivity contribution in [1.29, 1.82) is 0 Å². The van der Waals surface area contributed by atoms with Crippen molar-refractivity contribution in [2.24, 2.45) is 5.73 Å². The monoisotopic (exact) mass is 215 g/mol. The van der Waals surface area contributed by atoms with Gasteiger partial charge in [0.15, 0.2) is 9.84 Å². The Morgan fingerprint density at radius 2 is 1.86 bits per heavy atom. The van der Waals surface area contributed by atoms with Gasteiger partial charge in [0.05, 0.1) is 17.8 Å². The van der Waals surface area contributed by atoms with Crippen LogP contribution in [0, 0.1) is 0 Å². The summed E-state index contributed by atoms with van der Waals surface area (Å²) < 4.78 is 27.9. The summed E-state index contributed by atoms with van der Waals surface area (Å²) in [6.07, 6.45) is 0. The van der Waals surface area contributed by atoms with Gasteiger partial charge in [-0.25, -0.2) is 8.42 Å². The van der Waals surface area contributed by atoms with Gasteiger partial charge >= 0.3 is 0 Å². The Labute approximate surface area is 83.6 Å². The van der Waals surface area contributed by atoms with Crippen molar-refractivity contribution in [2.45, 2.75) is 4.90 Å². The van der Waals surface area contributed by atoms with Crippen LogP contribution in [-0.2, 0) is 9.84 Å². The number of ether oxygens (including phenoxy) is 1. The molecule has 1 aromatic rings. The fourth-order valence-corrected chi connectivity index (χ4v) is 2.15. The highest BCUT2D eigenvalue weighted by Gasteiger charge is 2.12. The first kappa shape index (κ1) is 11.0. The second kappa shape index (κ2) is 4.43. The van der Waals surface area contributed by atoms with Crippen LogP contribution in [0.25, 0.3) is 0 Å². The van der Waals surface area contributed by atoms with Crippen molar-refractivity contribution in [3.8, 4) is 5.75 Å². The molecule has 1 rings (SSSR count). The average molecular weight is 215 g/mol. The molecule has 4 nitrogen and oxygen atoms in total. The molecule has 78 valence electrons. The van der Waals surface area contributed by atoms with Crippen molar-refractivity contribution < 1.29 is 13.2 Å². The van der Waals surface area contributed by atoms with Crippen LogP contribution in [0.15, 0.2) is 29.2 Å². The molecule has 0 atom stereocenters. The van der Waals surface area contributed by atoms with Crippen LogP contribution in [-0.4, -0.2) is 27.8 Å². The van der Waals surface area contributed by atoms with Crippen molar-refractivity contribution in [1.82, 2.24) is 0 Å². The molecule has 0 aliphatic heterocycles. The molecule has 0 aliphatic carbocycles. The molecule has 0 radical (unpaired) electrons. The Morgan fingerprint density at radius 1 is 1.29 bits per heavy atom. The fourth-order valence-electron chi connectivity index (χ4n) is 1.06. The lowest BCUT2D eigenvalue weighted by Gasteiger charge is -2.03. The summed E-state index contributed by atoms with van der Waals surface area (Å²) in [4.78, 5) is 0.281. The van der Waals surface area contributed by atoms with Gasteiger partial charge < -0.3 is 10.5 Å². The number of sulfone groups is 1. The van der Waals surface area contributed by atoms with Gasteiger partial charge in [0.25, 0.3) is 0 Å². The van der Waals surface area contributed by atoms with E-state index in [0.717, 1.165) is 0 Å². The number of hydrogen-bond acceptors (Lipinski definition) is 4. The number of hydrogen-bond donors (Lipinski definition) is 1. The third kappa shape index (κ3) is 2.46. The molecule has 0 bridgehead atoms. The van der Waals surface area contributed by atoms with Gasteiger partial charge in [-0.05, 0) is 24.3 Å². The summed E-state index contributed by atoms with van der Waals surface area (Å²) in [5, 5.41) is 0. The maximum atomic E-state index is 11.5. The number of methoxy groups -OCH3 is 1. The zero-order valence-electron chi connectivity index (χ0n) is 7.93. The average Bonchev–Trinajstić information content (AvgIpc) is 2.18. The summed E-state index contributed by atoms with van der Waals surface area (Å²) in [5.74, 6) is 0.607. The van der Waals surface area contributed by atoms with E-state index in [4.69, 9.17) is 10.5 Å². The van der Waals surface area contributed by atoms with E-state index < -0.39 is 9.84 Å². The molecule has 1 aromatic carbocycles. The van der Waals surface area contributed by atoms with E-state index >= 15 is 0 Å². The first-order valence-electron chi connectivity index (χ1n) is 4.17. The number of rotatable bonds is 4. The Kier molecular flexibility index (Phi) is 3.49. The Bertz CT molecular complexity index is 383. The lowest BCUT2D eigenvalue weighted by atomic mass is 10.3. The first-order chi connectivity index (χ1) is 6.60. The quantitative estimate of drug-likeness (QED) is 0.790. The van der Waals surface area contributed by atoms with Gasteiger partial charge in [-0.2, -0.15) is 0 Å². The van der Waals surface area contributed by atoms with E-state index in [-0.39, 0.29) is 17.2 Å². The fraction of sp³-hybridized carbons (Fsp3) is 0.333. The van der Waals surface area contributed by atoms with Crippen molar-refractivity contribution in [3.63, 3.8) is 0 Å². The van der Waals surface area contributed by atoms with E-state index in [1.165, 1.54) is 19.2 Å². The van der Waals surface area contributed by atoms with Gasteiger partial charge in [-0.1, -0.05) is 0 Å². The second-order valence-electron chi connectivity index (χ2n) is 2.78. The standard InChI is InChI=1S/C9H13NO3S/c1-13-8-2-4-9(5-3-8)14(11,12)7-6-10/h2-5H,6-7,10H2,1H3. The van der Waals surface area contributed by atoms with Gasteiger partial charge in [0, 0.05) is 6.54 Å². The summed E-state index contributed by atoms with van der Waals surface area (Å²) in [7, 11) is -1.68. The zero-order valence-corrected chi connectivity index (χ0v) is 8.75. The Balaban J connectivity index is 2.97. The van der Waals surface area contributed by atoms with Crippen LogP contribution in [0.5, 0.6) is 5.75 Å². The van der Waals surface area contributed by atoms with Crippen molar-refractivity contribution in [2.75, 3.05) is 19.4 Å². The van der Waals surface area contributed by atoms with E-state index in [1.54, 1.807) is 12.1 Å². The van der Waals surface area contributed by atoms with E-state index in [1.807, 2.05) is 0 Å². The summed E-state index contributed by atoms with van der Waals surface area (Å²) >= 11 is 0. The van der Waals surface area contributed by atoms with Gasteiger partial charge in [-0.15, -0.1) is 0 Å². The zero-order chi connectivity index (χ0) is 10.6. The third-order valence-corrected chi connectivity index (χ3v) is 3.57. The third-order valence-electron chi connectivity index (χ3n) is 1.81. The SMILES string of the molecule is COc1ccc(S(=O)(=O)CCN)cc1. The maximum Gasteiger partial charge on any atom is 0.179 e. The van der Waals surface area contributed by atoms with Crippen LogP contribution in [0.1, 0.15) is 0 Å². The summed E-state index contributed by atoms with van der Waals surface area (Å²) in [5.41, 5.74) is 5.20. The molecule has 0 saturated heterocycles. The Hall–Kier alpha value is -1.07. The summed E-state index contributed by atoms with van der Waals surface area (Å²) in [6, 6.07) is 6.26. The molecule has 0 fully saturated rings. The molecular weight excluding hydrogens is 202 g/mol. The Morgan fingerprint density at radius 3 is 2.29 bits per heavy atom. The molecule has 5 heteroatoms. The normalized spacial score (nSPS) is 11.3. The van der Waals surface area contributed by atoms with Crippen LogP contribution >= 0.6 is 0 Å². The smallest absolute Gasteiger partial charge is 0.179 e. The predicted octanol–water partition coefficient (Wildman–Crippen LogP) is 0.428. The molecule has 0 aliphatic rings. The topological polar surface area (TPSA) is 69.4 Å². The number of benzene rings is 1. The lowest BCUT2D eigenvalue weighted by Crippen LogP contribution is -2.15. The minimum atomic E-state index is -3.22. The molecular formula is C9H13NO3S. The van der Waals surface area contributed by atoms with Crippen LogP contribution in [0.2, 0.25) is 0 Å². The van der Waals surface area contributed by atoms with Crippen molar-refractivity contribution in [3.05, 3.63) is 24.3 Å². The molecule has 0 heterocycles. The van der Waals surface area contributed by atoms with E-state index in [0.29, 0.717) is 5.75 Å². The highest BCUT2D eigenvalue weighted by Crippen LogP contribution is 2.16. The van der Waals surface area contributed by atoms with Crippen molar-refractivity contribution >= 4 is 9.84 Å². The molecule has 14 heavy (non-hydrogen) atoms. The first-order valence-corrected chi connectivity index (χ1v) is 5.82. The van der Waals surface area contributed by atoms with E-state index in [9.17, 15) is 8.42 Å². The number of nitrogens with two attached hydrogens (primary N) is 1. The van der Waals surface area contributed by atoms with Gasteiger partial charge in [0.1, 0.15) is 5.75 Å². The van der Waals surface area contributed by atoms with Gasteiger partial charge in [0.2, 0.25) is 0 Å². The molecule has 0 saturated carbocycles. The molecule has 0 unspecified atom stereocenters. The highest BCUT2D eigenvalue weighted by atomic mass is 32.2. The van der Waals surface area contributed by atoms with Gasteiger partial charge in [-0.3, -0.25) is 0 Å². The maximum absolute atomic E-state index is 11.5. The largest absolute Gasteiger partial charge is 0.497 e. The second-order valence-corrected chi connectivity index (χ2v) is 4.89. The highest BCUT2D eigenvalue weighted by molar-refractivity contribution is 7.91. The van der Waals surface area contributed by atoms with E-state index in [2.05, 4.69) is 0 Å². The van der Waals surface area contributed by atoms with Crippen LogP contribution < -0.4 is 10.5 Å². The predicted molar refractivity (Wildman–Crippen MR) is 54.1 cm³/mol. The molecule has 0 amide bonds. The summed E-state index contributed by atoms with van der Waals surface area (Å²) in [6.45, 7) is 0.133. The minimum Gasteiger partial charge on any atom is -0.497 e.